The highest BCUT2D eigenvalue weighted by Crippen LogP contribution is 2.31. The highest BCUT2D eigenvalue weighted by Gasteiger charge is 2.33. The summed E-state index contributed by atoms with van der Waals surface area (Å²) in [5.41, 5.74) is 0.0839. The van der Waals surface area contributed by atoms with Crippen LogP contribution in [0.2, 0.25) is 0 Å². The van der Waals surface area contributed by atoms with Gasteiger partial charge in [-0.2, -0.15) is 0 Å². The van der Waals surface area contributed by atoms with E-state index in [9.17, 15) is 5.11 Å². The molecule has 1 aliphatic carbocycles. The molecule has 3 nitrogen and oxygen atoms in total. The maximum atomic E-state index is 9.59. The molecular weight excluding hydrogens is 202 g/mol. The number of hydrogen-bond donors (Lipinski definition) is 2. The molecule has 0 aromatic carbocycles. The monoisotopic (exact) mass is 227 g/mol. The summed E-state index contributed by atoms with van der Waals surface area (Å²) >= 11 is 0. The minimum absolute atomic E-state index is 0.0839. The minimum atomic E-state index is 0.0839. The van der Waals surface area contributed by atoms with Crippen molar-refractivity contribution in [2.45, 2.75) is 45.1 Å². The van der Waals surface area contributed by atoms with E-state index in [1.54, 1.807) is 0 Å². The van der Waals surface area contributed by atoms with Crippen molar-refractivity contribution < 1.29 is 9.84 Å². The summed E-state index contributed by atoms with van der Waals surface area (Å²) < 4.78 is 5.38. The van der Waals surface area contributed by atoms with Crippen molar-refractivity contribution in [1.29, 1.82) is 0 Å². The Kier molecular flexibility index (Phi) is 4.22. The highest BCUT2D eigenvalue weighted by atomic mass is 16.5. The second-order valence-corrected chi connectivity index (χ2v) is 5.67. The minimum Gasteiger partial charge on any atom is -0.396 e. The highest BCUT2D eigenvalue weighted by molar-refractivity contribution is 4.87. The van der Waals surface area contributed by atoms with E-state index in [0.29, 0.717) is 12.6 Å². The lowest BCUT2D eigenvalue weighted by atomic mass is 9.80. The van der Waals surface area contributed by atoms with Gasteiger partial charge in [0.2, 0.25) is 0 Å². The van der Waals surface area contributed by atoms with Crippen LogP contribution in [0.4, 0.5) is 0 Å². The van der Waals surface area contributed by atoms with E-state index < -0.39 is 0 Å². The van der Waals surface area contributed by atoms with Gasteiger partial charge in [0.25, 0.3) is 0 Å². The fraction of sp³-hybridized carbons (Fsp3) is 1.00. The van der Waals surface area contributed by atoms with Crippen LogP contribution >= 0.6 is 0 Å². The van der Waals surface area contributed by atoms with E-state index in [2.05, 4.69) is 12.2 Å². The summed E-state index contributed by atoms with van der Waals surface area (Å²) in [6.45, 7) is 5.21. The second kappa shape index (κ2) is 5.48. The SMILES string of the molecule is CC1CCCC1NCC1(CO)CCOCC1. The average Bonchev–Trinajstić information content (AvgIpc) is 2.74. The van der Waals surface area contributed by atoms with E-state index in [1.165, 1.54) is 19.3 Å². The zero-order valence-corrected chi connectivity index (χ0v) is 10.4. The quantitative estimate of drug-likeness (QED) is 0.766. The molecule has 0 bridgehead atoms. The Hall–Kier alpha value is -0.120. The van der Waals surface area contributed by atoms with Crippen molar-refractivity contribution in [1.82, 2.24) is 5.32 Å². The molecule has 0 spiro atoms. The molecule has 3 heteroatoms. The third-order valence-electron chi connectivity index (χ3n) is 4.49. The van der Waals surface area contributed by atoms with Crippen molar-refractivity contribution >= 4 is 0 Å². The molecule has 16 heavy (non-hydrogen) atoms. The van der Waals surface area contributed by atoms with Crippen LogP contribution < -0.4 is 5.32 Å². The molecule has 2 N–H and O–H groups in total. The van der Waals surface area contributed by atoms with Crippen molar-refractivity contribution in [2.24, 2.45) is 11.3 Å². The van der Waals surface area contributed by atoms with E-state index in [0.717, 1.165) is 38.5 Å². The zero-order chi connectivity index (χ0) is 11.4. The Balaban J connectivity index is 1.82. The smallest absolute Gasteiger partial charge is 0.0501 e. The van der Waals surface area contributed by atoms with Gasteiger partial charge in [0.05, 0.1) is 6.61 Å². The molecule has 0 aromatic heterocycles. The lowest BCUT2D eigenvalue weighted by molar-refractivity contribution is -0.0169. The number of ether oxygens (including phenoxy) is 1. The fourth-order valence-electron chi connectivity index (χ4n) is 2.99. The van der Waals surface area contributed by atoms with Crippen LogP contribution in [-0.2, 0) is 4.74 Å². The average molecular weight is 227 g/mol. The van der Waals surface area contributed by atoms with Crippen LogP contribution in [-0.4, -0.2) is 37.5 Å². The molecule has 1 heterocycles. The molecule has 2 atom stereocenters. The summed E-state index contributed by atoms with van der Waals surface area (Å²) in [5.74, 6) is 0.801. The Morgan fingerprint density at radius 2 is 2.06 bits per heavy atom. The Labute approximate surface area is 98.6 Å². The van der Waals surface area contributed by atoms with Crippen molar-refractivity contribution in [3.63, 3.8) is 0 Å². The Bertz CT molecular complexity index is 214. The summed E-state index contributed by atoms with van der Waals surface area (Å²) in [7, 11) is 0. The predicted octanol–water partition coefficient (Wildman–Crippen LogP) is 1.55. The Morgan fingerprint density at radius 3 is 2.62 bits per heavy atom. The van der Waals surface area contributed by atoms with E-state index in [-0.39, 0.29) is 5.41 Å². The molecule has 2 rings (SSSR count). The summed E-state index contributed by atoms with van der Waals surface area (Å²) in [5, 5.41) is 13.3. The first-order chi connectivity index (χ1) is 7.76. The first-order valence-electron chi connectivity index (χ1n) is 6.68. The van der Waals surface area contributed by atoms with Gasteiger partial charge >= 0.3 is 0 Å². The van der Waals surface area contributed by atoms with E-state index in [4.69, 9.17) is 4.74 Å². The normalized spacial score (nSPS) is 34.1. The van der Waals surface area contributed by atoms with Gasteiger partial charge in [-0.3, -0.25) is 0 Å². The first kappa shape index (κ1) is 12.3. The molecule has 1 aliphatic heterocycles. The van der Waals surface area contributed by atoms with Gasteiger partial charge in [0.1, 0.15) is 0 Å². The molecule has 2 aliphatic rings. The maximum absolute atomic E-state index is 9.59. The van der Waals surface area contributed by atoms with E-state index in [1.807, 2.05) is 0 Å². The molecule has 1 saturated carbocycles. The maximum Gasteiger partial charge on any atom is 0.0501 e. The van der Waals surface area contributed by atoms with Crippen LogP contribution in [0.1, 0.15) is 39.0 Å². The second-order valence-electron chi connectivity index (χ2n) is 5.67. The molecule has 2 fully saturated rings. The third kappa shape index (κ3) is 2.76. The van der Waals surface area contributed by atoms with Gasteiger partial charge in [-0.05, 0) is 31.6 Å². The molecule has 0 radical (unpaired) electrons. The van der Waals surface area contributed by atoms with Crippen LogP contribution in [0, 0.1) is 11.3 Å². The summed E-state index contributed by atoms with van der Waals surface area (Å²) in [6, 6.07) is 0.672. The molecule has 0 amide bonds. The number of aliphatic hydroxyl groups is 1. The standard InChI is InChI=1S/C13H25NO2/c1-11-3-2-4-12(11)14-9-13(10-15)5-7-16-8-6-13/h11-12,14-15H,2-10H2,1H3. The number of aliphatic hydroxyl groups excluding tert-OH is 1. The van der Waals surface area contributed by atoms with Crippen LogP contribution in [0.15, 0.2) is 0 Å². The number of hydrogen-bond acceptors (Lipinski definition) is 3. The molecule has 0 aromatic rings. The lowest BCUT2D eigenvalue weighted by Gasteiger charge is -2.37. The number of nitrogens with one attached hydrogen (secondary N) is 1. The van der Waals surface area contributed by atoms with Gasteiger partial charge in [0.15, 0.2) is 0 Å². The summed E-state index contributed by atoms with van der Waals surface area (Å²) in [6.07, 6.45) is 6.01. The van der Waals surface area contributed by atoms with Gasteiger partial charge in [-0.1, -0.05) is 13.3 Å². The lowest BCUT2D eigenvalue weighted by Crippen LogP contribution is -2.45. The van der Waals surface area contributed by atoms with Crippen molar-refractivity contribution in [3.8, 4) is 0 Å². The molecular formula is C13H25NO2. The largest absolute Gasteiger partial charge is 0.396 e. The zero-order valence-electron chi connectivity index (χ0n) is 10.4. The predicted molar refractivity (Wildman–Crippen MR) is 64.4 cm³/mol. The van der Waals surface area contributed by atoms with Crippen molar-refractivity contribution in [2.75, 3.05) is 26.4 Å². The van der Waals surface area contributed by atoms with Gasteiger partial charge in [-0.15, -0.1) is 0 Å². The van der Waals surface area contributed by atoms with Gasteiger partial charge in [0, 0.05) is 31.2 Å². The molecule has 94 valence electrons. The molecule has 2 unspecified atom stereocenters. The van der Waals surface area contributed by atoms with Gasteiger partial charge < -0.3 is 15.2 Å². The van der Waals surface area contributed by atoms with Crippen LogP contribution in [0.25, 0.3) is 0 Å². The van der Waals surface area contributed by atoms with Gasteiger partial charge in [-0.25, -0.2) is 0 Å². The fourth-order valence-corrected chi connectivity index (χ4v) is 2.99. The third-order valence-corrected chi connectivity index (χ3v) is 4.49. The van der Waals surface area contributed by atoms with Crippen molar-refractivity contribution in [3.05, 3.63) is 0 Å². The summed E-state index contributed by atoms with van der Waals surface area (Å²) in [4.78, 5) is 0. The Morgan fingerprint density at radius 1 is 1.31 bits per heavy atom. The molecule has 1 saturated heterocycles. The first-order valence-corrected chi connectivity index (χ1v) is 6.68. The van der Waals surface area contributed by atoms with E-state index >= 15 is 0 Å². The topological polar surface area (TPSA) is 41.5 Å². The number of rotatable bonds is 4. The van der Waals surface area contributed by atoms with Crippen LogP contribution in [0.3, 0.4) is 0 Å². The van der Waals surface area contributed by atoms with Crippen LogP contribution in [0.5, 0.6) is 0 Å².